The van der Waals surface area contributed by atoms with E-state index in [4.69, 9.17) is 21.1 Å². The van der Waals surface area contributed by atoms with E-state index in [0.717, 1.165) is 0 Å². The molecule has 3 rings (SSSR count). The Bertz CT molecular complexity index is 1300. The number of rotatable bonds is 6. The van der Waals surface area contributed by atoms with Crippen molar-refractivity contribution in [2.45, 2.75) is 44.9 Å². The normalized spacial score (nSPS) is 11.4. The zero-order chi connectivity index (χ0) is 25.0. The van der Waals surface area contributed by atoms with Gasteiger partial charge in [-0.25, -0.2) is 14.6 Å². The maximum Gasteiger partial charge on any atom is 0.407 e. The van der Waals surface area contributed by atoms with Crippen LogP contribution in [-0.2, 0) is 16.0 Å². The Morgan fingerprint density at radius 1 is 1.18 bits per heavy atom. The summed E-state index contributed by atoms with van der Waals surface area (Å²) in [5.74, 6) is -0.716. The lowest BCUT2D eigenvalue weighted by Gasteiger charge is -2.22. The number of fused-ring (bicyclic) bond motifs is 1. The number of benzene rings is 1. The molecule has 1 N–H and O–H groups in total. The first-order valence-electron chi connectivity index (χ1n) is 10.6. The third-order valence-corrected chi connectivity index (χ3v) is 5.65. The van der Waals surface area contributed by atoms with Gasteiger partial charge in [0.1, 0.15) is 16.3 Å². The second-order valence-corrected chi connectivity index (χ2v) is 9.44. The average Bonchev–Trinajstić information content (AvgIpc) is 2.76. The van der Waals surface area contributed by atoms with Crippen LogP contribution in [0.15, 0.2) is 46.2 Å². The third kappa shape index (κ3) is 5.53. The molecule has 2 aromatic heterocycles. The lowest BCUT2D eigenvalue weighted by molar-refractivity contribution is 0.0511. The monoisotopic (exact) mass is 503 g/mol. The number of halogens is 1. The Hall–Kier alpha value is -3.04. The van der Waals surface area contributed by atoms with Gasteiger partial charge in [0, 0.05) is 6.54 Å². The van der Waals surface area contributed by atoms with Crippen molar-refractivity contribution in [1.82, 2.24) is 14.9 Å². The summed E-state index contributed by atoms with van der Waals surface area (Å²) in [5.41, 5.74) is 0.418. The maximum absolute atomic E-state index is 13.3. The number of aromatic nitrogens is 2. The highest BCUT2D eigenvalue weighted by Gasteiger charge is 2.26. The van der Waals surface area contributed by atoms with Gasteiger partial charge in [0.05, 0.1) is 22.7 Å². The van der Waals surface area contributed by atoms with Crippen molar-refractivity contribution in [2.75, 3.05) is 12.9 Å². The summed E-state index contributed by atoms with van der Waals surface area (Å²) in [5, 5.41) is 3.53. The van der Waals surface area contributed by atoms with Crippen molar-refractivity contribution in [3.63, 3.8) is 0 Å². The fraction of sp³-hybridized carbons (Fsp3) is 0.333. The van der Waals surface area contributed by atoms with Crippen LogP contribution in [0.4, 0.5) is 4.79 Å². The number of nitrogens with zero attached hydrogens (tertiary/aromatic N) is 2. The highest BCUT2D eigenvalue weighted by molar-refractivity contribution is 7.98. The molecule has 3 aromatic rings. The number of thioether (sulfide) groups is 1. The molecule has 0 atom stereocenters. The molecule has 0 fully saturated rings. The number of carbonyl (C=O) groups is 2. The van der Waals surface area contributed by atoms with Gasteiger partial charge in [-0.3, -0.25) is 9.36 Å². The van der Waals surface area contributed by atoms with E-state index >= 15 is 0 Å². The van der Waals surface area contributed by atoms with Crippen molar-refractivity contribution in [2.24, 2.45) is 0 Å². The second-order valence-electron chi connectivity index (χ2n) is 8.26. The summed E-state index contributed by atoms with van der Waals surface area (Å²) in [4.78, 5) is 42.7. The lowest BCUT2D eigenvalue weighted by atomic mass is 10.1. The summed E-state index contributed by atoms with van der Waals surface area (Å²) in [6.45, 7) is 7.29. The predicted octanol–water partition coefficient (Wildman–Crippen LogP) is 4.96. The minimum absolute atomic E-state index is 0.0825. The zero-order valence-electron chi connectivity index (χ0n) is 19.6. The van der Waals surface area contributed by atoms with E-state index in [0.29, 0.717) is 21.9 Å². The first kappa shape index (κ1) is 25.6. The molecule has 10 heteroatoms. The van der Waals surface area contributed by atoms with E-state index < -0.39 is 23.1 Å². The van der Waals surface area contributed by atoms with Gasteiger partial charge in [0.15, 0.2) is 5.65 Å². The van der Waals surface area contributed by atoms with E-state index in [1.165, 1.54) is 23.9 Å². The van der Waals surface area contributed by atoms with Crippen LogP contribution in [0.2, 0.25) is 5.15 Å². The van der Waals surface area contributed by atoms with Gasteiger partial charge >= 0.3 is 12.1 Å². The average molecular weight is 504 g/mol. The number of esters is 1. The molecule has 0 aliphatic rings. The molecule has 1 aromatic carbocycles. The van der Waals surface area contributed by atoms with Crippen LogP contribution in [0.5, 0.6) is 0 Å². The molecule has 0 aliphatic carbocycles. The number of alkyl carbamates (subject to hydrolysis) is 1. The van der Waals surface area contributed by atoms with E-state index in [-0.39, 0.29) is 29.3 Å². The van der Waals surface area contributed by atoms with Gasteiger partial charge in [0.25, 0.3) is 0 Å². The van der Waals surface area contributed by atoms with Crippen LogP contribution in [0.3, 0.4) is 0 Å². The molecule has 0 saturated carbocycles. The number of hydrogen-bond acceptors (Lipinski definition) is 7. The van der Waals surface area contributed by atoms with Gasteiger partial charge in [-0.1, -0.05) is 29.8 Å². The number of pyridine rings is 2. The summed E-state index contributed by atoms with van der Waals surface area (Å²) in [7, 11) is 0. The number of ether oxygens (including phenoxy) is 2. The van der Waals surface area contributed by atoms with Gasteiger partial charge in [-0.15, -0.1) is 11.8 Å². The van der Waals surface area contributed by atoms with Crippen LogP contribution < -0.4 is 10.7 Å². The van der Waals surface area contributed by atoms with Crippen molar-refractivity contribution in [3.05, 3.63) is 62.9 Å². The van der Waals surface area contributed by atoms with E-state index in [1.54, 1.807) is 38.5 Å². The lowest BCUT2D eigenvalue weighted by Crippen LogP contribution is -2.32. The van der Waals surface area contributed by atoms with E-state index in [9.17, 15) is 14.4 Å². The van der Waals surface area contributed by atoms with Crippen LogP contribution in [0.25, 0.3) is 16.7 Å². The van der Waals surface area contributed by atoms with Crippen molar-refractivity contribution in [1.29, 1.82) is 0 Å². The highest BCUT2D eigenvalue weighted by Crippen LogP contribution is 2.30. The topological polar surface area (TPSA) is 99.5 Å². The zero-order valence-corrected chi connectivity index (χ0v) is 21.2. The molecule has 180 valence electrons. The molecule has 0 unspecified atom stereocenters. The molecule has 0 spiro atoms. The van der Waals surface area contributed by atoms with Crippen molar-refractivity contribution < 1.29 is 19.1 Å². The first-order valence-corrected chi connectivity index (χ1v) is 12.2. The predicted molar refractivity (Wildman–Crippen MR) is 133 cm³/mol. The van der Waals surface area contributed by atoms with Crippen LogP contribution >= 0.6 is 23.4 Å². The Labute approximate surface area is 206 Å². The number of hydrogen-bond donors (Lipinski definition) is 1. The number of carbonyl (C=O) groups excluding carboxylic acids is 2. The Morgan fingerprint density at radius 2 is 1.88 bits per heavy atom. The maximum atomic E-state index is 13.3. The summed E-state index contributed by atoms with van der Waals surface area (Å²) >= 11 is 7.40. The van der Waals surface area contributed by atoms with Crippen molar-refractivity contribution in [3.8, 4) is 5.69 Å². The van der Waals surface area contributed by atoms with Gasteiger partial charge < -0.3 is 14.8 Å². The molecule has 0 radical (unpaired) electrons. The number of amides is 1. The smallest absolute Gasteiger partial charge is 0.407 e. The van der Waals surface area contributed by atoms with E-state index in [1.807, 2.05) is 24.3 Å². The second kappa shape index (κ2) is 10.5. The molecule has 1 amide bonds. The van der Waals surface area contributed by atoms with Gasteiger partial charge in [-0.05, 0) is 57.7 Å². The molecular formula is C24H26ClN3O5S. The Morgan fingerprint density at radius 3 is 2.53 bits per heavy atom. The summed E-state index contributed by atoms with van der Waals surface area (Å²) in [6.07, 6.45) is 1.19. The fourth-order valence-electron chi connectivity index (χ4n) is 3.37. The first-order chi connectivity index (χ1) is 16.1. The standard InChI is InChI=1S/C24H26ClN3O5S/c1-6-32-22(30)18-19(29)15-11-12-17(25)27-20(15)28(21(18)34-5)16-10-8-7-9-14(16)13-26-23(31)33-24(2,3)4/h7-12H,6,13H2,1-5H3,(H,26,31). The Kier molecular flexibility index (Phi) is 7.89. The SMILES string of the molecule is CCOC(=O)c1c(SC)n(-c2ccccc2CNC(=O)OC(C)(C)C)c2nc(Cl)ccc2c1=O. The molecule has 0 aliphatic heterocycles. The highest BCUT2D eigenvalue weighted by atomic mass is 35.5. The summed E-state index contributed by atoms with van der Waals surface area (Å²) in [6, 6.07) is 10.3. The minimum atomic E-state index is -0.716. The van der Waals surface area contributed by atoms with Gasteiger partial charge in [-0.2, -0.15) is 0 Å². The molecule has 8 nitrogen and oxygen atoms in total. The molecule has 2 heterocycles. The van der Waals surface area contributed by atoms with Crippen LogP contribution in [0.1, 0.15) is 43.6 Å². The minimum Gasteiger partial charge on any atom is -0.462 e. The molecular weight excluding hydrogens is 478 g/mol. The van der Waals surface area contributed by atoms with Crippen LogP contribution in [-0.4, -0.2) is 40.1 Å². The van der Waals surface area contributed by atoms with Crippen LogP contribution in [0, 0.1) is 0 Å². The van der Waals surface area contributed by atoms with E-state index in [2.05, 4.69) is 10.3 Å². The van der Waals surface area contributed by atoms with Gasteiger partial charge in [0.2, 0.25) is 5.43 Å². The third-order valence-electron chi connectivity index (χ3n) is 4.67. The number of nitrogens with one attached hydrogen (secondary N) is 1. The fourth-order valence-corrected chi connectivity index (χ4v) is 4.26. The summed E-state index contributed by atoms with van der Waals surface area (Å²) < 4.78 is 12.2. The largest absolute Gasteiger partial charge is 0.462 e. The quantitative estimate of drug-likeness (QED) is 0.288. The molecule has 0 saturated heterocycles. The number of para-hydroxylation sites is 1. The molecule has 0 bridgehead atoms. The molecule has 34 heavy (non-hydrogen) atoms. The van der Waals surface area contributed by atoms with Crippen molar-refractivity contribution >= 4 is 46.5 Å². The Balaban J connectivity index is 2.25.